The molecule has 2 N–H and O–H groups in total. The first-order valence-corrected chi connectivity index (χ1v) is 9.21. The quantitative estimate of drug-likeness (QED) is 0.854. The standard InChI is InChI=1S/C19H26ClN3O/c1-13-15-9-6-10-16(20)18(15)22-17(13)19(24)21-11-12-23(2)14-7-4-3-5-8-14/h6,9-10,14,22H,3-5,7-8,11-12H2,1-2H3,(H,21,24). The normalized spacial score (nSPS) is 16.0. The van der Waals surface area contributed by atoms with Crippen LogP contribution in [0.25, 0.3) is 10.9 Å². The van der Waals surface area contributed by atoms with Crippen molar-refractivity contribution in [1.82, 2.24) is 15.2 Å². The number of aromatic amines is 1. The first kappa shape index (κ1) is 17.3. The number of amides is 1. The third kappa shape index (κ3) is 3.60. The molecule has 24 heavy (non-hydrogen) atoms. The van der Waals surface area contributed by atoms with Gasteiger partial charge in [0.1, 0.15) is 5.69 Å². The number of aryl methyl sites for hydroxylation is 1. The van der Waals surface area contributed by atoms with Gasteiger partial charge in [0.15, 0.2) is 0 Å². The molecule has 0 aliphatic heterocycles. The number of para-hydroxylation sites is 1. The van der Waals surface area contributed by atoms with E-state index in [0.29, 0.717) is 23.3 Å². The number of hydrogen-bond donors (Lipinski definition) is 2. The molecule has 0 atom stereocenters. The highest BCUT2D eigenvalue weighted by molar-refractivity contribution is 6.35. The van der Waals surface area contributed by atoms with Gasteiger partial charge in [-0.05, 0) is 38.4 Å². The number of carbonyl (C=O) groups excluding carboxylic acids is 1. The van der Waals surface area contributed by atoms with Crippen LogP contribution in [0.15, 0.2) is 18.2 Å². The van der Waals surface area contributed by atoms with Crippen molar-refractivity contribution in [3.8, 4) is 0 Å². The number of fused-ring (bicyclic) bond motifs is 1. The minimum Gasteiger partial charge on any atom is -0.349 e. The molecule has 0 unspecified atom stereocenters. The Bertz CT molecular complexity index is 719. The van der Waals surface area contributed by atoms with Gasteiger partial charge in [0, 0.05) is 24.5 Å². The van der Waals surface area contributed by atoms with Crippen LogP contribution in [0.1, 0.15) is 48.2 Å². The lowest BCUT2D eigenvalue weighted by Crippen LogP contribution is -2.39. The molecule has 5 heteroatoms. The van der Waals surface area contributed by atoms with Gasteiger partial charge in [-0.15, -0.1) is 0 Å². The highest BCUT2D eigenvalue weighted by atomic mass is 35.5. The van der Waals surface area contributed by atoms with Gasteiger partial charge in [0.25, 0.3) is 5.91 Å². The number of likely N-dealkylation sites (N-methyl/N-ethyl adjacent to an activating group) is 1. The molecule has 1 aromatic heterocycles. The van der Waals surface area contributed by atoms with Gasteiger partial charge in [-0.25, -0.2) is 0 Å². The second kappa shape index (κ2) is 7.58. The van der Waals surface area contributed by atoms with Crippen molar-refractivity contribution in [2.24, 2.45) is 0 Å². The molecule has 2 aromatic rings. The van der Waals surface area contributed by atoms with Crippen molar-refractivity contribution >= 4 is 28.4 Å². The van der Waals surface area contributed by atoms with E-state index in [1.54, 1.807) is 0 Å². The Morgan fingerprint density at radius 2 is 2.08 bits per heavy atom. The molecule has 0 bridgehead atoms. The number of hydrogen-bond acceptors (Lipinski definition) is 2. The predicted octanol–water partition coefficient (Wildman–Crippen LogP) is 4.12. The van der Waals surface area contributed by atoms with Crippen LogP contribution in [0.5, 0.6) is 0 Å². The molecule has 0 radical (unpaired) electrons. The first-order valence-electron chi connectivity index (χ1n) is 8.83. The number of aromatic nitrogens is 1. The Labute approximate surface area is 148 Å². The molecule has 3 rings (SSSR count). The lowest BCUT2D eigenvalue weighted by atomic mass is 9.94. The molecule has 1 saturated carbocycles. The van der Waals surface area contributed by atoms with Crippen LogP contribution in [-0.2, 0) is 0 Å². The van der Waals surface area contributed by atoms with Crippen LogP contribution in [0.4, 0.5) is 0 Å². The monoisotopic (exact) mass is 347 g/mol. The van der Waals surface area contributed by atoms with E-state index < -0.39 is 0 Å². The molecule has 4 nitrogen and oxygen atoms in total. The van der Waals surface area contributed by atoms with E-state index in [1.165, 1.54) is 32.1 Å². The Hall–Kier alpha value is -1.52. The van der Waals surface area contributed by atoms with E-state index >= 15 is 0 Å². The number of benzene rings is 1. The van der Waals surface area contributed by atoms with Gasteiger partial charge < -0.3 is 15.2 Å². The zero-order valence-corrected chi connectivity index (χ0v) is 15.2. The maximum absolute atomic E-state index is 12.5. The van der Waals surface area contributed by atoms with E-state index in [4.69, 9.17) is 11.6 Å². The number of rotatable bonds is 5. The molecule has 1 aliphatic rings. The summed E-state index contributed by atoms with van der Waals surface area (Å²) in [4.78, 5) is 18.1. The second-order valence-electron chi connectivity index (χ2n) is 6.82. The average Bonchev–Trinajstić information content (AvgIpc) is 2.94. The van der Waals surface area contributed by atoms with Crippen LogP contribution in [0, 0.1) is 6.92 Å². The van der Waals surface area contributed by atoms with Gasteiger partial charge in [-0.3, -0.25) is 4.79 Å². The van der Waals surface area contributed by atoms with Crippen LogP contribution >= 0.6 is 11.6 Å². The van der Waals surface area contributed by atoms with Crippen LogP contribution in [0.3, 0.4) is 0 Å². The van der Waals surface area contributed by atoms with Crippen LogP contribution < -0.4 is 5.32 Å². The fourth-order valence-electron chi connectivity index (χ4n) is 3.68. The Balaban J connectivity index is 1.59. The van der Waals surface area contributed by atoms with E-state index in [0.717, 1.165) is 23.0 Å². The fourth-order valence-corrected chi connectivity index (χ4v) is 3.90. The Morgan fingerprint density at radius 3 is 2.79 bits per heavy atom. The lowest BCUT2D eigenvalue weighted by Gasteiger charge is -2.31. The molecular weight excluding hydrogens is 322 g/mol. The van der Waals surface area contributed by atoms with Crippen molar-refractivity contribution in [1.29, 1.82) is 0 Å². The molecule has 1 amide bonds. The summed E-state index contributed by atoms with van der Waals surface area (Å²) < 4.78 is 0. The second-order valence-corrected chi connectivity index (χ2v) is 7.22. The van der Waals surface area contributed by atoms with Crippen molar-refractivity contribution in [2.45, 2.75) is 45.1 Å². The molecule has 130 valence electrons. The summed E-state index contributed by atoms with van der Waals surface area (Å²) in [6.45, 7) is 3.50. The molecular formula is C19H26ClN3O. The third-order valence-corrected chi connectivity index (χ3v) is 5.53. The third-order valence-electron chi connectivity index (χ3n) is 5.22. The van der Waals surface area contributed by atoms with Crippen molar-refractivity contribution in [2.75, 3.05) is 20.1 Å². The molecule has 1 fully saturated rings. The largest absolute Gasteiger partial charge is 0.349 e. The fraction of sp³-hybridized carbons (Fsp3) is 0.526. The molecule has 1 aliphatic carbocycles. The van der Waals surface area contributed by atoms with Gasteiger partial charge in [-0.2, -0.15) is 0 Å². The first-order chi connectivity index (χ1) is 11.6. The van der Waals surface area contributed by atoms with Gasteiger partial charge >= 0.3 is 0 Å². The summed E-state index contributed by atoms with van der Waals surface area (Å²) in [7, 11) is 2.16. The maximum atomic E-state index is 12.5. The Morgan fingerprint density at radius 1 is 1.33 bits per heavy atom. The van der Waals surface area contributed by atoms with Gasteiger partial charge in [0.2, 0.25) is 0 Å². The molecule has 0 spiro atoms. The number of halogens is 1. The topological polar surface area (TPSA) is 48.1 Å². The predicted molar refractivity (Wildman–Crippen MR) is 99.9 cm³/mol. The molecule has 1 heterocycles. The highest BCUT2D eigenvalue weighted by Gasteiger charge is 2.19. The van der Waals surface area contributed by atoms with Crippen molar-refractivity contribution < 1.29 is 4.79 Å². The highest BCUT2D eigenvalue weighted by Crippen LogP contribution is 2.27. The maximum Gasteiger partial charge on any atom is 0.268 e. The van der Waals surface area contributed by atoms with Crippen LogP contribution in [0.2, 0.25) is 5.02 Å². The minimum atomic E-state index is -0.0585. The number of H-pyrrole nitrogens is 1. The van der Waals surface area contributed by atoms with E-state index in [-0.39, 0.29) is 5.91 Å². The van der Waals surface area contributed by atoms with Crippen molar-refractivity contribution in [3.63, 3.8) is 0 Å². The SMILES string of the molecule is Cc1c(C(=O)NCCN(C)C2CCCCC2)[nH]c2c(Cl)cccc12. The lowest BCUT2D eigenvalue weighted by molar-refractivity contribution is 0.0940. The smallest absolute Gasteiger partial charge is 0.268 e. The number of nitrogens with zero attached hydrogens (tertiary/aromatic N) is 1. The van der Waals surface area contributed by atoms with E-state index in [9.17, 15) is 4.79 Å². The van der Waals surface area contributed by atoms with Crippen molar-refractivity contribution in [3.05, 3.63) is 34.5 Å². The zero-order valence-electron chi connectivity index (χ0n) is 14.5. The van der Waals surface area contributed by atoms with E-state index in [1.807, 2.05) is 25.1 Å². The van der Waals surface area contributed by atoms with Gasteiger partial charge in [0.05, 0.1) is 10.5 Å². The summed E-state index contributed by atoms with van der Waals surface area (Å²) in [5, 5.41) is 4.69. The van der Waals surface area contributed by atoms with Gasteiger partial charge in [-0.1, -0.05) is 43.0 Å². The average molecular weight is 348 g/mol. The Kier molecular flexibility index (Phi) is 5.47. The van der Waals surface area contributed by atoms with E-state index in [2.05, 4.69) is 22.2 Å². The zero-order chi connectivity index (χ0) is 17.1. The number of nitrogens with one attached hydrogen (secondary N) is 2. The minimum absolute atomic E-state index is 0.0585. The van der Waals surface area contributed by atoms with Crippen LogP contribution in [-0.4, -0.2) is 42.0 Å². The summed E-state index contributed by atoms with van der Waals surface area (Å²) in [6, 6.07) is 6.40. The number of carbonyl (C=O) groups is 1. The summed E-state index contributed by atoms with van der Waals surface area (Å²) in [5.74, 6) is -0.0585. The molecule has 1 aromatic carbocycles. The molecule has 0 saturated heterocycles. The summed E-state index contributed by atoms with van der Waals surface area (Å²) in [6.07, 6.45) is 6.59. The summed E-state index contributed by atoms with van der Waals surface area (Å²) in [5.41, 5.74) is 2.39. The summed E-state index contributed by atoms with van der Waals surface area (Å²) >= 11 is 6.21.